The zero-order valence-electron chi connectivity index (χ0n) is 9.24. The maximum Gasteiger partial charge on any atom is 0.186 e. The van der Waals surface area contributed by atoms with E-state index in [1.54, 1.807) is 12.1 Å². The molecule has 88 valence electrons. The Bertz CT molecular complexity index is 532. The fourth-order valence-electron chi connectivity index (χ4n) is 1.55. The summed E-state index contributed by atoms with van der Waals surface area (Å²) in [5, 5.41) is 0. The second-order valence-electron chi connectivity index (χ2n) is 3.73. The quantitative estimate of drug-likeness (QED) is 0.868. The lowest BCUT2D eigenvalue weighted by Gasteiger charge is -2.05. The maximum absolute atomic E-state index is 13.2. The van der Waals surface area contributed by atoms with Crippen molar-refractivity contribution in [3.05, 3.63) is 53.0 Å². The third kappa shape index (κ3) is 2.55. The number of aryl methyl sites for hydroxylation is 1. The number of aromatic nitrogens is 2. The lowest BCUT2D eigenvalue weighted by atomic mass is 10.1. The van der Waals surface area contributed by atoms with Crippen molar-refractivity contribution in [2.24, 2.45) is 0 Å². The molecule has 17 heavy (non-hydrogen) atoms. The number of benzene rings is 1. The number of rotatable bonds is 2. The normalized spacial score (nSPS) is 10.5. The number of hydrogen-bond acceptors (Lipinski definition) is 3. The lowest BCUT2D eigenvalue weighted by Crippen LogP contribution is -2.06. The maximum atomic E-state index is 13.2. The highest BCUT2D eigenvalue weighted by Gasteiger charge is 2.09. The van der Waals surface area contributed by atoms with Crippen LogP contribution in [0.2, 0.25) is 0 Å². The van der Waals surface area contributed by atoms with Gasteiger partial charge in [0.25, 0.3) is 0 Å². The predicted molar refractivity (Wildman–Crippen MR) is 60.3 cm³/mol. The minimum atomic E-state index is -0.604. The van der Waals surface area contributed by atoms with Crippen LogP contribution in [0.5, 0.6) is 0 Å². The van der Waals surface area contributed by atoms with Gasteiger partial charge in [0.15, 0.2) is 11.6 Å². The molecule has 0 spiro atoms. The molecule has 1 aromatic carbocycles. The van der Waals surface area contributed by atoms with Crippen molar-refractivity contribution in [3.63, 3.8) is 0 Å². The number of nitrogens with zero attached hydrogens (tertiary/aromatic N) is 2. The number of nitrogen functional groups attached to an aromatic ring is 1. The molecule has 0 saturated heterocycles. The number of anilines is 1. The Kier molecular flexibility index (Phi) is 2.99. The van der Waals surface area contributed by atoms with Crippen molar-refractivity contribution in [2.75, 3.05) is 5.73 Å². The first-order chi connectivity index (χ1) is 8.06. The summed E-state index contributed by atoms with van der Waals surface area (Å²) in [5.41, 5.74) is 6.32. The fraction of sp³-hybridized carbons (Fsp3) is 0.167. The Morgan fingerprint density at radius 3 is 2.65 bits per heavy atom. The number of hydrogen-bond donors (Lipinski definition) is 1. The number of nitrogens with two attached hydrogens (primary N) is 1. The highest BCUT2D eigenvalue weighted by molar-refractivity contribution is 5.33. The molecule has 0 amide bonds. The van der Waals surface area contributed by atoms with Gasteiger partial charge in [-0.15, -0.1) is 0 Å². The Balaban J connectivity index is 2.31. The lowest BCUT2D eigenvalue weighted by molar-refractivity contribution is 0.603. The first-order valence-electron chi connectivity index (χ1n) is 5.09. The van der Waals surface area contributed by atoms with Crippen LogP contribution in [0.15, 0.2) is 24.3 Å². The van der Waals surface area contributed by atoms with E-state index in [2.05, 4.69) is 9.97 Å². The summed E-state index contributed by atoms with van der Waals surface area (Å²) in [6, 6.07) is 6.10. The molecular formula is C12H11F2N3. The third-order valence-electron chi connectivity index (χ3n) is 2.34. The van der Waals surface area contributed by atoms with E-state index in [1.165, 1.54) is 19.1 Å². The van der Waals surface area contributed by atoms with E-state index in [-0.39, 0.29) is 17.3 Å². The zero-order chi connectivity index (χ0) is 12.4. The molecule has 2 N–H and O–H groups in total. The molecule has 2 rings (SSSR count). The molecule has 0 bridgehead atoms. The van der Waals surface area contributed by atoms with E-state index < -0.39 is 5.82 Å². The van der Waals surface area contributed by atoms with Crippen LogP contribution in [0.3, 0.4) is 0 Å². The van der Waals surface area contributed by atoms with Crippen LogP contribution >= 0.6 is 0 Å². The van der Waals surface area contributed by atoms with Gasteiger partial charge in [0.1, 0.15) is 11.6 Å². The predicted octanol–water partition coefficient (Wildman–Crippen LogP) is 2.24. The molecule has 1 aromatic heterocycles. The molecule has 0 fully saturated rings. The molecule has 0 atom stereocenters. The van der Waals surface area contributed by atoms with E-state index in [1.807, 2.05) is 0 Å². The van der Waals surface area contributed by atoms with Gasteiger partial charge in [0, 0.05) is 6.42 Å². The molecule has 2 aromatic rings. The van der Waals surface area contributed by atoms with E-state index in [0.717, 1.165) is 5.56 Å². The minimum absolute atomic E-state index is 0.177. The Morgan fingerprint density at radius 1 is 1.24 bits per heavy atom. The summed E-state index contributed by atoms with van der Waals surface area (Å²) in [4.78, 5) is 7.80. The molecule has 0 radical (unpaired) electrons. The molecule has 0 saturated carbocycles. The molecule has 0 aliphatic heterocycles. The second kappa shape index (κ2) is 4.45. The molecule has 0 aliphatic rings. The molecule has 3 nitrogen and oxygen atoms in total. The van der Waals surface area contributed by atoms with Gasteiger partial charge in [-0.3, -0.25) is 0 Å². The molecule has 1 heterocycles. The minimum Gasteiger partial charge on any atom is -0.381 e. The van der Waals surface area contributed by atoms with Crippen molar-refractivity contribution in [1.29, 1.82) is 0 Å². The van der Waals surface area contributed by atoms with E-state index in [9.17, 15) is 8.78 Å². The Labute approximate surface area is 97.3 Å². The van der Waals surface area contributed by atoms with E-state index in [4.69, 9.17) is 5.73 Å². The number of halogens is 2. The molecule has 5 heteroatoms. The van der Waals surface area contributed by atoms with Gasteiger partial charge in [0.2, 0.25) is 0 Å². The van der Waals surface area contributed by atoms with Crippen molar-refractivity contribution in [2.45, 2.75) is 13.3 Å². The summed E-state index contributed by atoms with van der Waals surface area (Å²) < 4.78 is 26.2. The van der Waals surface area contributed by atoms with Crippen LogP contribution in [0.4, 0.5) is 14.6 Å². The average molecular weight is 235 g/mol. The van der Waals surface area contributed by atoms with Crippen LogP contribution in [-0.2, 0) is 6.42 Å². The van der Waals surface area contributed by atoms with Crippen LogP contribution in [0.25, 0.3) is 0 Å². The van der Waals surface area contributed by atoms with Crippen molar-refractivity contribution < 1.29 is 8.78 Å². The summed E-state index contributed by atoms with van der Waals surface area (Å²) in [7, 11) is 0. The van der Waals surface area contributed by atoms with Gasteiger partial charge in [-0.25, -0.2) is 18.7 Å². The SMILES string of the molecule is Cc1nc(Cc2cccc(F)c2)nc(N)c1F. The van der Waals surface area contributed by atoms with Crippen molar-refractivity contribution in [1.82, 2.24) is 9.97 Å². The topological polar surface area (TPSA) is 51.8 Å². The van der Waals surface area contributed by atoms with Crippen LogP contribution < -0.4 is 5.73 Å². The Hall–Kier alpha value is -2.04. The molecule has 0 aliphatic carbocycles. The van der Waals surface area contributed by atoms with Crippen LogP contribution in [-0.4, -0.2) is 9.97 Å². The summed E-state index contributed by atoms with van der Waals surface area (Å²) in [6.07, 6.45) is 0.322. The first kappa shape index (κ1) is 11.4. The largest absolute Gasteiger partial charge is 0.381 e. The van der Waals surface area contributed by atoms with Gasteiger partial charge >= 0.3 is 0 Å². The summed E-state index contributed by atoms with van der Waals surface area (Å²) in [5.74, 6) is -0.724. The van der Waals surface area contributed by atoms with Crippen molar-refractivity contribution in [3.8, 4) is 0 Å². The van der Waals surface area contributed by atoms with Gasteiger partial charge in [-0.2, -0.15) is 0 Å². The van der Waals surface area contributed by atoms with Crippen LogP contribution in [0.1, 0.15) is 17.1 Å². The zero-order valence-corrected chi connectivity index (χ0v) is 9.24. The molecular weight excluding hydrogens is 224 g/mol. The average Bonchev–Trinajstić information content (AvgIpc) is 2.26. The van der Waals surface area contributed by atoms with Gasteiger partial charge < -0.3 is 5.73 Å². The molecule has 0 unspecified atom stereocenters. The standard InChI is InChI=1S/C12H11F2N3/c1-7-11(14)12(15)17-10(16-7)6-8-3-2-4-9(13)5-8/h2-5H,6H2,1H3,(H2,15,16,17). The van der Waals surface area contributed by atoms with Crippen LogP contribution in [0, 0.1) is 18.6 Å². The highest BCUT2D eigenvalue weighted by atomic mass is 19.1. The van der Waals surface area contributed by atoms with Crippen molar-refractivity contribution >= 4 is 5.82 Å². The smallest absolute Gasteiger partial charge is 0.186 e. The summed E-state index contributed by atoms with van der Waals surface area (Å²) >= 11 is 0. The van der Waals surface area contributed by atoms with Gasteiger partial charge in [0.05, 0.1) is 5.69 Å². The van der Waals surface area contributed by atoms with Gasteiger partial charge in [-0.05, 0) is 24.6 Å². The second-order valence-corrected chi connectivity index (χ2v) is 3.73. The Morgan fingerprint density at radius 2 is 2.00 bits per heavy atom. The summed E-state index contributed by atoms with van der Waals surface area (Å²) in [6.45, 7) is 1.52. The highest BCUT2D eigenvalue weighted by Crippen LogP contribution is 2.13. The first-order valence-corrected chi connectivity index (χ1v) is 5.09. The van der Waals surface area contributed by atoms with E-state index >= 15 is 0 Å². The third-order valence-corrected chi connectivity index (χ3v) is 2.34. The van der Waals surface area contributed by atoms with E-state index in [0.29, 0.717) is 12.2 Å². The monoisotopic (exact) mass is 235 g/mol. The fourth-order valence-corrected chi connectivity index (χ4v) is 1.55. The van der Waals surface area contributed by atoms with Gasteiger partial charge in [-0.1, -0.05) is 12.1 Å².